The number of nitrogens with zero attached hydrogens (tertiary/aromatic N) is 1. The summed E-state index contributed by atoms with van der Waals surface area (Å²) in [5.41, 5.74) is 0. The highest BCUT2D eigenvalue weighted by Crippen LogP contribution is 2.26. The fourth-order valence-corrected chi connectivity index (χ4v) is 3.16. The van der Waals surface area contributed by atoms with E-state index in [0.29, 0.717) is 5.92 Å². The lowest BCUT2D eigenvalue weighted by molar-refractivity contribution is -0.154. The Labute approximate surface area is 129 Å². The SMILES string of the molecule is CCC(C)C1NC(=O)C(CC(C)C)N(C(CC)CC)C1=O. The van der Waals surface area contributed by atoms with Crippen LogP contribution < -0.4 is 5.32 Å². The predicted octanol–water partition coefficient (Wildman–Crippen LogP) is 2.96. The lowest BCUT2D eigenvalue weighted by Crippen LogP contribution is -2.67. The number of nitrogens with one attached hydrogen (secondary N) is 1. The molecule has 21 heavy (non-hydrogen) atoms. The smallest absolute Gasteiger partial charge is 0.246 e. The van der Waals surface area contributed by atoms with Gasteiger partial charge in [0.15, 0.2) is 0 Å². The molecule has 2 amide bonds. The molecule has 4 nitrogen and oxygen atoms in total. The van der Waals surface area contributed by atoms with Gasteiger partial charge in [0.05, 0.1) is 0 Å². The minimum atomic E-state index is -0.355. The lowest BCUT2D eigenvalue weighted by atomic mass is 9.89. The van der Waals surface area contributed by atoms with Crippen LogP contribution in [-0.4, -0.2) is 34.8 Å². The Morgan fingerprint density at radius 2 is 1.62 bits per heavy atom. The third-order valence-electron chi connectivity index (χ3n) is 4.70. The first-order valence-corrected chi connectivity index (χ1v) is 8.49. The van der Waals surface area contributed by atoms with Gasteiger partial charge in [0.1, 0.15) is 12.1 Å². The summed E-state index contributed by atoms with van der Waals surface area (Å²) in [7, 11) is 0. The van der Waals surface area contributed by atoms with Crippen LogP contribution in [-0.2, 0) is 9.59 Å². The number of rotatable bonds is 7. The highest BCUT2D eigenvalue weighted by atomic mass is 16.2. The van der Waals surface area contributed by atoms with Gasteiger partial charge >= 0.3 is 0 Å². The Morgan fingerprint density at radius 1 is 1.05 bits per heavy atom. The topological polar surface area (TPSA) is 49.4 Å². The van der Waals surface area contributed by atoms with Crippen LogP contribution in [0.25, 0.3) is 0 Å². The molecule has 0 aromatic heterocycles. The minimum absolute atomic E-state index is 0.0282. The van der Waals surface area contributed by atoms with Crippen molar-refractivity contribution in [2.75, 3.05) is 0 Å². The van der Waals surface area contributed by atoms with E-state index >= 15 is 0 Å². The summed E-state index contributed by atoms with van der Waals surface area (Å²) in [4.78, 5) is 27.4. The van der Waals surface area contributed by atoms with Crippen LogP contribution >= 0.6 is 0 Å². The van der Waals surface area contributed by atoms with Gasteiger partial charge in [0.25, 0.3) is 0 Å². The van der Waals surface area contributed by atoms with E-state index in [9.17, 15) is 9.59 Å². The van der Waals surface area contributed by atoms with Gasteiger partial charge in [-0.05, 0) is 31.1 Å². The van der Waals surface area contributed by atoms with E-state index in [-0.39, 0.29) is 35.9 Å². The zero-order valence-corrected chi connectivity index (χ0v) is 14.5. The van der Waals surface area contributed by atoms with E-state index < -0.39 is 0 Å². The maximum Gasteiger partial charge on any atom is 0.246 e. The van der Waals surface area contributed by atoms with Crippen molar-refractivity contribution in [3.8, 4) is 0 Å². The summed E-state index contributed by atoms with van der Waals surface area (Å²) < 4.78 is 0. The van der Waals surface area contributed by atoms with Crippen molar-refractivity contribution < 1.29 is 9.59 Å². The lowest BCUT2D eigenvalue weighted by Gasteiger charge is -2.45. The van der Waals surface area contributed by atoms with Gasteiger partial charge in [0, 0.05) is 6.04 Å². The Balaban J connectivity index is 3.10. The molecule has 1 aliphatic rings. The van der Waals surface area contributed by atoms with Crippen LogP contribution in [0.1, 0.15) is 67.2 Å². The molecule has 0 bridgehead atoms. The van der Waals surface area contributed by atoms with Crippen LogP contribution in [0, 0.1) is 11.8 Å². The first kappa shape index (κ1) is 18.0. The molecule has 0 radical (unpaired) electrons. The van der Waals surface area contributed by atoms with Crippen molar-refractivity contribution in [1.29, 1.82) is 0 Å². The van der Waals surface area contributed by atoms with Crippen LogP contribution in [0.15, 0.2) is 0 Å². The summed E-state index contributed by atoms with van der Waals surface area (Å²) >= 11 is 0. The fourth-order valence-electron chi connectivity index (χ4n) is 3.16. The van der Waals surface area contributed by atoms with Crippen molar-refractivity contribution in [3.05, 3.63) is 0 Å². The van der Waals surface area contributed by atoms with E-state index in [1.54, 1.807) is 0 Å². The van der Waals surface area contributed by atoms with Crippen LogP contribution in [0.3, 0.4) is 0 Å². The van der Waals surface area contributed by atoms with E-state index in [4.69, 9.17) is 0 Å². The zero-order valence-electron chi connectivity index (χ0n) is 14.5. The molecule has 1 rings (SSSR count). The van der Waals surface area contributed by atoms with E-state index in [1.165, 1.54) is 0 Å². The maximum absolute atomic E-state index is 12.9. The monoisotopic (exact) mass is 296 g/mol. The van der Waals surface area contributed by atoms with E-state index in [2.05, 4.69) is 39.9 Å². The van der Waals surface area contributed by atoms with E-state index in [1.807, 2.05) is 11.8 Å². The van der Waals surface area contributed by atoms with Crippen molar-refractivity contribution in [3.63, 3.8) is 0 Å². The van der Waals surface area contributed by atoms with Crippen LogP contribution in [0.5, 0.6) is 0 Å². The first-order chi connectivity index (χ1) is 9.87. The quantitative estimate of drug-likeness (QED) is 0.785. The largest absolute Gasteiger partial charge is 0.342 e. The third kappa shape index (κ3) is 3.98. The number of hydrogen-bond donors (Lipinski definition) is 1. The molecule has 1 aliphatic heterocycles. The normalized spacial score (nSPS) is 24.7. The molecule has 3 unspecified atom stereocenters. The van der Waals surface area contributed by atoms with Crippen molar-refractivity contribution >= 4 is 11.8 Å². The second kappa shape index (κ2) is 7.81. The number of carbonyl (C=O) groups is 2. The second-order valence-corrected chi connectivity index (χ2v) is 6.73. The summed E-state index contributed by atoms with van der Waals surface area (Å²) in [5.74, 6) is 0.715. The predicted molar refractivity (Wildman–Crippen MR) is 85.8 cm³/mol. The Kier molecular flexibility index (Phi) is 6.69. The Bertz CT molecular complexity index is 364. The van der Waals surface area contributed by atoms with Gasteiger partial charge in [-0.15, -0.1) is 0 Å². The van der Waals surface area contributed by atoms with Crippen LogP contribution in [0.4, 0.5) is 0 Å². The van der Waals surface area contributed by atoms with Crippen molar-refractivity contribution in [2.24, 2.45) is 11.8 Å². The van der Waals surface area contributed by atoms with Crippen molar-refractivity contribution in [2.45, 2.75) is 85.4 Å². The Morgan fingerprint density at radius 3 is 2.05 bits per heavy atom. The van der Waals surface area contributed by atoms with E-state index in [0.717, 1.165) is 25.7 Å². The highest BCUT2D eigenvalue weighted by molar-refractivity contribution is 5.97. The Hall–Kier alpha value is -1.06. The molecular weight excluding hydrogens is 264 g/mol. The molecule has 3 atom stereocenters. The molecule has 4 heteroatoms. The highest BCUT2D eigenvalue weighted by Gasteiger charge is 2.44. The maximum atomic E-state index is 12.9. The molecule has 0 aromatic carbocycles. The molecular formula is C17H32N2O2. The van der Waals surface area contributed by atoms with Gasteiger partial charge in [-0.3, -0.25) is 9.59 Å². The minimum Gasteiger partial charge on any atom is -0.342 e. The fraction of sp³-hybridized carbons (Fsp3) is 0.882. The van der Waals surface area contributed by atoms with Crippen LogP contribution in [0.2, 0.25) is 0 Å². The molecule has 0 aromatic rings. The number of carbonyl (C=O) groups excluding carboxylic acids is 2. The van der Waals surface area contributed by atoms with Gasteiger partial charge in [0.2, 0.25) is 11.8 Å². The molecule has 1 fully saturated rings. The average Bonchev–Trinajstić information content (AvgIpc) is 2.45. The van der Waals surface area contributed by atoms with Gasteiger partial charge in [-0.1, -0.05) is 48.0 Å². The van der Waals surface area contributed by atoms with Gasteiger partial charge in [-0.2, -0.15) is 0 Å². The van der Waals surface area contributed by atoms with Gasteiger partial charge < -0.3 is 10.2 Å². The summed E-state index contributed by atoms with van der Waals surface area (Å²) in [6.45, 7) is 12.5. The summed E-state index contributed by atoms with van der Waals surface area (Å²) in [6.07, 6.45) is 3.43. The molecule has 0 spiro atoms. The number of piperazine rings is 1. The average molecular weight is 296 g/mol. The van der Waals surface area contributed by atoms with Gasteiger partial charge in [-0.25, -0.2) is 0 Å². The van der Waals surface area contributed by atoms with Crippen molar-refractivity contribution in [1.82, 2.24) is 10.2 Å². The molecule has 0 saturated carbocycles. The molecule has 0 aliphatic carbocycles. The second-order valence-electron chi connectivity index (χ2n) is 6.73. The molecule has 1 saturated heterocycles. The number of amides is 2. The number of hydrogen-bond acceptors (Lipinski definition) is 2. The molecule has 122 valence electrons. The summed E-state index contributed by atoms with van der Waals surface area (Å²) in [6, 6.07) is -0.493. The zero-order chi connectivity index (χ0) is 16.2. The molecule has 1 heterocycles. The third-order valence-corrected chi connectivity index (χ3v) is 4.70. The first-order valence-electron chi connectivity index (χ1n) is 8.49. The standard InChI is InChI=1S/C17H32N2O2/c1-7-12(6)15-17(21)19(13(8-2)9-3)14(10-11(4)5)16(20)18-15/h11-15H,7-10H2,1-6H3,(H,18,20). The molecule has 1 N–H and O–H groups in total. The summed E-state index contributed by atoms with van der Waals surface area (Å²) in [5, 5.41) is 2.98.